The van der Waals surface area contributed by atoms with Gasteiger partial charge in [-0.1, -0.05) is 30.3 Å². The topological polar surface area (TPSA) is 58.6 Å². The third-order valence-electron chi connectivity index (χ3n) is 2.91. The van der Waals surface area contributed by atoms with Gasteiger partial charge in [-0.3, -0.25) is 0 Å². The molecular formula is C16H24ClNO3. The molecule has 0 aliphatic carbocycles. The highest BCUT2D eigenvalue weighted by atomic mass is 35.5. The maximum absolute atomic E-state index is 11.8. The number of aliphatic hydroxyl groups excluding tert-OH is 1. The Morgan fingerprint density at radius 2 is 1.95 bits per heavy atom. The van der Waals surface area contributed by atoms with Gasteiger partial charge in [-0.15, -0.1) is 11.6 Å². The Morgan fingerprint density at radius 3 is 2.48 bits per heavy atom. The molecule has 1 rings (SSSR count). The van der Waals surface area contributed by atoms with Crippen molar-refractivity contribution in [1.82, 2.24) is 5.32 Å². The van der Waals surface area contributed by atoms with Crippen LogP contribution in [0.2, 0.25) is 0 Å². The number of alkyl halides is 1. The summed E-state index contributed by atoms with van der Waals surface area (Å²) in [6.45, 7) is 5.39. The van der Waals surface area contributed by atoms with Gasteiger partial charge in [0.2, 0.25) is 0 Å². The molecule has 2 atom stereocenters. The van der Waals surface area contributed by atoms with Gasteiger partial charge in [-0.2, -0.15) is 0 Å². The molecule has 5 heteroatoms. The van der Waals surface area contributed by atoms with E-state index in [9.17, 15) is 9.90 Å². The van der Waals surface area contributed by atoms with Crippen molar-refractivity contribution in [1.29, 1.82) is 0 Å². The van der Waals surface area contributed by atoms with Gasteiger partial charge >= 0.3 is 6.09 Å². The van der Waals surface area contributed by atoms with E-state index in [1.165, 1.54) is 0 Å². The minimum absolute atomic E-state index is 0.0647. The Labute approximate surface area is 131 Å². The van der Waals surface area contributed by atoms with Gasteiger partial charge < -0.3 is 15.2 Å². The van der Waals surface area contributed by atoms with Crippen LogP contribution in [0.5, 0.6) is 0 Å². The van der Waals surface area contributed by atoms with E-state index in [0.29, 0.717) is 6.42 Å². The van der Waals surface area contributed by atoms with Crippen molar-refractivity contribution in [2.45, 2.75) is 51.4 Å². The monoisotopic (exact) mass is 313 g/mol. The first-order valence-electron chi connectivity index (χ1n) is 7.09. The van der Waals surface area contributed by atoms with Crippen LogP contribution in [0.4, 0.5) is 4.79 Å². The van der Waals surface area contributed by atoms with Gasteiger partial charge in [0, 0.05) is 0 Å². The molecule has 118 valence electrons. The first-order chi connectivity index (χ1) is 9.81. The van der Waals surface area contributed by atoms with Gasteiger partial charge in [0.25, 0.3) is 0 Å². The molecule has 0 bridgehead atoms. The van der Waals surface area contributed by atoms with Crippen LogP contribution in [0, 0.1) is 0 Å². The van der Waals surface area contributed by atoms with E-state index >= 15 is 0 Å². The van der Waals surface area contributed by atoms with Crippen molar-refractivity contribution < 1.29 is 14.6 Å². The minimum atomic E-state index is -0.803. The predicted molar refractivity (Wildman–Crippen MR) is 84.6 cm³/mol. The number of aryl methyl sites for hydroxylation is 1. The van der Waals surface area contributed by atoms with E-state index in [4.69, 9.17) is 16.3 Å². The van der Waals surface area contributed by atoms with Crippen LogP contribution in [-0.4, -0.2) is 34.8 Å². The van der Waals surface area contributed by atoms with Crippen molar-refractivity contribution in [2.24, 2.45) is 0 Å². The number of alkyl carbamates (subject to hydrolysis) is 1. The summed E-state index contributed by atoms with van der Waals surface area (Å²) >= 11 is 5.70. The maximum Gasteiger partial charge on any atom is 0.407 e. The van der Waals surface area contributed by atoms with E-state index in [1.54, 1.807) is 20.8 Å². The van der Waals surface area contributed by atoms with Crippen molar-refractivity contribution >= 4 is 17.7 Å². The molecule has 0 saturated carbocycles. The molecule has 0 spiro atoms. The Morgan fingerprint density at radius 1 is 1.33 bits per heavy atom. The molecule has 0 aromatic heterocycles. The summed E-state index contributed by atoms with van der Waals surface area (Å²) < 4.78 is 5.21. The second-order valence-corrected chi connectivity index (χ2v) is 6.31. The van der Waals surface area contributed by atoms with E-state index in [-0.39, 0.29) is 5.88 Å². The number of halogens is 1. The summed E-state index contributed by atoms with van der Waals surface area (Å²) in [5.74, 6) is 0.0647. The van der Waals surface area contributed by atoms with Crippen LogP contribution in [0.3, 0.4) is 0 Å². The van der Waals surface area contributed by atoms with E-state index in [1.807, 2.05) is 30.3 Å². The van der Waals surface area contributed by atoms with Crippen LogP contribution >= 0.6 is 11.6 Å². The molecule has 0 fully saturated rings. The summed E-state index contributed by atoms with van der Waals surface area (Å²) in [5.41, 5.74) is 0.579. The number of benzene rings is 1. The van der Waals surface area contributed by atoms with Gasteiger partial charge in [-0.05, 0) is 39.2 Å². The SMILES string of the molecule is CC(C)(C)OC(=O)N[C@@H](CCc1ccccc1)[C@@H](O)CCl. The first kappa shape index (κ1) is 17.8. The molecule has 0 unspecified atom stereocenters. The molecular weight excluding hydrogens is 290 g/mol. The zero-order chi connectivity index (χ0) is 15.9. The summed E-state index contributed by atoms with van der Waals surface area (Å²) in [4.78, 5) is 11.8. The van der Waals surface area contributed by atoms with Crippen LogP contribution in [-0.2, 0) is 11.2 Å². The summed E-state index contributed by atoms with van der Waals surface area (Å²) in [5, 5.41) is 12.6. The van der Waals surface area contributed by atoms with Crippen molar-refractivity contribution in [3.8, 4) is 0 Å². The Hall–Kier alpha value is -1.26. The average Bonchev–Trinajstić information content (AvgIpc) is 2.41. The van der Waals surface area contributed by atoms with Crippen molar-refractivity contribution in [2.75, 3.05) is 5.88 Å². The zero-order valence-electron chi connectivity index (χ0n) is 12.8. The third-order valence-corrected chi connectivity index (χ3v) is 3.23. The molecule has 21 heavy (non-hydrogen) atoms. The molecule has 2 N–H and O–H groups in total. The minimum Gasteiger partial charge on any atom is -0.444 e. The van der Waals surface area contributed by atoms with Gasteiger partial charge in [-0.25, -0.2) is 4.79 Å². The number of ether oxygens (including phenoxy) is 1. The molecule has 0 aliphatic rings. The van der Waals surface area contributed by atoms with Crippen molar-refractivity contribution in [3.63, 3.8) is 0 Å². The van der Waals surface area contributed by atoms with E-state index in [0.717, 1.165) is 12.0 Å². The van der Waals surface area contributed by atoms with E-state index < -0.39 is 23.8 Å². The smallest absolute Gasteiger partial charge is 0.407 e. The molecule has 1 amide bonds. The number of amides is 1. The Bertz CT molecular complexity index is 431. The molecule has 4 nitrogen and oxygen atoms in total. The third kappa shape index (κ3) is 7.34. The lowest BCUT2D eigenvalue weighted by molar-refractivity contribution is 0.0434. The predicted octanol–water partition coefficient (Wildman–Crippen LogP) is 3.11. The lowest BCUT2D eigenvalue weighted by Gasteiger charge is -2.26. The standard InChI is InChI=1S/C16H24ClNO3/c1-16(2,3)21-15(20)18-13(14(19)11-17)10-9-12-7-5-4-6-8-12/h4-8,13-14,19H,9-11H2,1-3H3,(H,18,20)/t13-,14-/m0/s1. The Balaban J connectivity index is 2.58. The quantitative estimate of drug-likeness (QED) is 0.793. The molecule has 0 aliphatic heterocycles. The summed E-state index contributed by atoms with van der Waals surface area (Å²) in [6, 6.07) is 9.47. The zero-order valence-corrected chi connectivity index (χ0v) is 13.6. The fraction of sp³-hybridized carbons (Fsp3) is 0.562. The summed E-state index contributed by atoms with van der Waals surface area (Å²) in [7, 11) is 0. The van der Waals surface area contributed by atoms with Crippen LogP contribution in [0.1, 0.15) is 32.8 Å². The number of carbonyl (C=O) groups is 1. The fourth-order valence-corrected chi connectivity index (χ4v) is 2.11. The average molecular weight is 314 g/mol. The number of carbonyl (C=O) groups excluding carboxylic acids is 1. The largest absolute Gasteiger partial charge is 0.444 e. The molecule has 1 aromatic carbocycles. The normalized spacial score (nSPS) is 14.3. The number of hydrogen-bond donors (Lipinski definition) is 2. The number of rotatable bonds is 6. The highest BCUT2D eigenvalue weighted by molar-refractivity contribution is 6.18. The van der Waals surface area contributed by atoms with E-state index in [2.05, 4.69) is 5.32 Å². The van der Waals surface area contributed by atoms with Gasteiger partial charge in [0.1, 0.15) is 5.60 Å². The van der Waals surface area contributed by atoms with Gasteiger partial charge in [0.15, 0.2) is 0 Å². The van der Waals surface area contributed by atoms with Crippen LogP contribution in [0.25, 0.3) is 0 Å². The van der Waals surface area contributed by atoms with Crippen molar-refractivity contribution in [3.05, 3.63) is 35.9 Å². The maximum atomic E-state index is 11.8. The second kappa shape index (κ2) is 8.25. The van der Waals surface area contributed by atoms with Crippen LogP contribution < -0.4 is 5.32 Å². The molecule has 0 radical (unpaired) electrons. The first-order valence-corrected chi connectivity index (χ1v) is 7.63. The van der Waals surface area contributed by atoms with Crippen LogP contribution in [0.15, 0.2) is 30.3 Å². The number of hydrogen-bond acceptors (Lipinski definition) is 3. The molecule has 1 aromatic rings. The highest BCUT2D eigenvalue weighted by Crippen LogP contribution is 2.11. The fourth-order valence-electron chi connectivity index (χ4n) is 1.89. The number of nitrogens with one attached hydrogen (secondary N) is 1. The molecule has 0 saturated heterocycles. The van der Waals surface area contributed by atoms with Gasteiger partial charge in [0.05, 0.1) is 18.0 Å². The lowest BCUT2D eigenvalue weighted by atomic mass is 10.0. The number of aliphatic hydroxyl groups is 1. The Kier molecular flexibility index (Phi) is 6.99. The second-order valence-electron chi connectivity index (χ2n) is 6.00. The highest BCUT2D eigenvalue weighted by Gasteiger charge is 2.23. The lowest BCUT2D eigenvalue weighted by Crippen LogP contribution is -2.46. The summed E-state index contributed by atoms with van der Waals surface area (Å²) in [6.07, 6.45) is -0.000483. The molecule has 0 heterocycles.